The molecule has 0 aliphatic carbocycles. The molecule has 0 fully saturated rings. The minimum Gasteiger partial charge on any atom is -0.341 e. The van der Waals surface area contributed by atoms with Crippen molar-refractivity contribution in [3.8, 4) is 0 Å². The highest BCUT2D eigenvalue weighted by atomic mass is 15.2. The van der Waals surface area contributed by atoms with Crippen LogP contribution in [-0.2, 0) is 6.54 Å². The van der Waals surface area contributed by atoms with Crippen LogP contribution >= 0.6 is 0 Å². The predicted octanol–water partition coefficient (Wildman–Crippen LogP) is 4.54. The Hall–Kier alpha value is -2.13. The average molecular weight is 293 g/mol. The molecule has 1 unspecified atom stereocenters. The molecule has 0 amide bonds. The maximum atomic E-state index is 4.80. The summed E-state index contributed by atoms with van der Waals surface area (Å²) in [6.07, 6.45) is 1.04. The van der Waals surface area contributed by atoms with E-state index in [1.165, 1.54) is 5.56 Å². The standard InChI is InChI=1S/C19H23N3/c1-3-18(19-20-16-12-8-9-13-17(16)21-19)22(4-2)14-15-10-6-5-7-11-15/h5-13,18H,3-4,14H2,1-2H3,(H,20,21). The van der Waals surface area contributed by atoms with Crippen molar-refractivity contribution in [3.05, 3.63) is 66.0 Å². The Kier molecular flexibility index (Phi) is 4.54. The van der Waals surface area contributed by atoms with Gasteiger partial charge in [-0.05, 0) is 30.7 Å². The van der Waals surface area contributed by atoms with E-state index in [4.69, 9.17) is 4.98 Å². The van der Waals surface area contributed by atoms with Crippen LogP contribution in [0.5, 0.6) is 0 Å². The minimum atomic E-state index is 0.317. The van der Waals surface area contributed by atoms with E-state index in [1.807, 2.05) is 12.1 Å². The Morgan fingerprint density at radius 2 is 1.73 bits per heavy atom. The van der Waals surface area contributed by atoms with Crippen LogP contribution in [0.1, 0.15) is 37.7 Å². The van der Waals surface area contributed by atoms with Gasteiger partial charge in [0.05, 0.1) is 17.1 Å². The van der Waals surface area contributed by atoms with E-state index in [0.29, 0.717) is 6.04 Å². The van der Waals surface area contributed by atoms with Crippen molar-refractivity contribution >= 4 is 11.0 Å². The molecule has 1 atom stereocenters. The van der Waals surface area contributed by atoms with E-state index in [1.54, 1.807) is 0 Å². The third-order valence-corrected chi connectivity index (χ3v) is 4.19. The molecule has 0 bridgehead atoms. The van der Waals surface area contributed by atoms with Gasteiger partial charge in [0.15, 0.2) is 0 Å². The quantitative estimate of drug-likeness (QED) is 0.723. The number of rotatable bonds is 6. The van der Waals surface area contributed by atoms with Crippen molar-refractivity contribution in [2.45, 2.75) is 32.9 Å². The summed E-state index contributed by atoms with van der Waals surface area (Å²) < 4.78 is 0. The largest absolute Gasteiger partial charge is 0.341 e. The highest BCUT2D eigenvalue weighted by Crippen LogP contribution is 2.25. The van der Waals surface area contributed by atoms with Crippen molar-refractivity contribution in [2.75, 3.05) is 6.54 Å². The molecule has 0 aliphatic heterocycles. The first-order valence-electron chi connectivity index (χ1n) is 8.04. The zero-order chi connectivity index (χ0) is 15.4. The Morgan fingerprint density at radius 3 is 2.41 bits per heavy atom. The number of hydrogen-bond acceptors (Lipinski definition) is 2. The molecule has 0 aliphatic rings. The van der Waals surface area contributed by atoms with E-state index < -0.39 is 0 Å². The van der Waals surface area contributed by atoms with Gasteiger partial charge in [0.1, 0.15) is 5.82 Å². The van der Waals surface area contributed by atoms with Crippen molar-refractivity contribution in [3.63, 3.8) is 0 Å². The normalized spacial score (nSPS) is 12.9. The number of fused-ring (bicyclic) bond motifs is 1. The summed E-state index contributed by atoms with van der Waals surface area (Å²) in [4.78, 5) is 10.8. The lowest BCUT2D eigenvalue weighted by Gasteiger charge is -2.28. The van der Waals surface area contributed by atoms with Crippen LogP contribution in [-0.4, -0.2) is 21.4 Å². The van der Waals surface area contributed by atoms with E-state index in [2.05, 4.69) is 66.2 Å². The van der Waals surface area contributed by atoms with E-state index >= 15 is 0 Å². The van der Waals surface area contributed by atoms with Crippen molar-refractivity contribution < 1.29 is 0 Å². The molecule has 1 aromatic heterocycles. The second kappa shape index (κ2) is 6.75. The molecule has 3 rings (SSSR count). The monoisotopic (exact) mass is 293 g/mol. The zero-order valence-corrected chi connectivity index (χ0v) is 13.3. The van der Waals surface area contributed by atoms with Gasteiger partial charge in [0.2, 0.25) is 0 Å². The summed E-state index contributed by atoms with van der Waals surface area (Å²) in [5, 5.41) is 0. The molecular weight excluding hydrogens is 270 g/mol. The van der Waals surface area contributed by atoms with Crippen LogP contribution in [0.15, 0.2) is 54.6 Å². The zero-order valence-electron chi connectivity index (χ0n) is 13.3. The lowest BCUT2D eigenvalue weighted by atomic mass is 10.1. The Labute approximate surface area is 132 Å². The Morgan fingerprint density at radius 1 is 1.00 bits per heavy atom. The van der Waals surface area contributed by atoms with E-state index in [0.717, 1.165) is 36.4 Å². The van der Waals surface area contributed by atoms with Gasteiger partial charge in [-0.3, -0.25) is 4.90 Å². The van der Waals surface area contributed by atoms with Gasteiger partial charge in [-0.25, -0.2) is 4.98 Å². The Bertz CT molecular complexity index is 685. The smallest absolute Gasteiger partial charge is 0.124 e. The molecule has 0 saturated heterocycles. The first-order chi connectivity index (χ1) is 10.8. The van der Waals surface area contributed by atoms with Crippen LogP contribution in [0.3, 0.4) is 0 Å². The number of benzene rings is 2. The summed E-state index contributed by atoms with van der Waals surface area (Å²) in [7, 11) is 0. The fraction of sp³-hybridized carbons (Fsp3) is 0.316. The number of para-hydroxylation sites is 2. The van der Waals surface area contributed by atoms with Gasteiger partial charge < -0.3 is 4.98 Å². The molecule has 22 heavy (non-hydrogen) atoms. The highest BCUT2D eigenvalue weighted by Gasteiger charge is 2.20. The molecule has 114 valence electrons. The predicted molar refractivity (Wildman–Crippen MR) is 91.7 cm³/mol. The van der Waals surface area contributed by atoms with Crippen molar-refractivity contribution in [2.24, 2.45) is 0 Å². The number of nitrogens with zero attached hydrogens (tertiary/aromatic N) is 2. The number of hydrogen-bond donors (Lipinski definition) is 1. The lowest BCUT2D eigenvalue weighted by molar-refractivity contribution is 0.186. The molecule has 0 saturated carbocycles. The van der Waals surface area contributed by atoms with Crippen molar-refractivity contribution in [1.29, 1.82) is 0 Å². The second-order valence-corrected chi connectivity index (χ2v) is 5.61. The Balaban J connectivity index is 1.87. The van der Waals surface area contributed by atoms with Crippen LogP contribution in [0.25, 0.3) is 11.0 Å². The third-order valence-electron chi connectivity index (χ3n) is 4.19. The molecule has 3 heteroatoms. The van der Waals surface area contributed by atoms with Gasteiger partial charge in [-0.1, -0.05) is 56.3 Å². The molecule has 0 spiro atoms. The van der Waals surface area contributed by atoms with Gasteiger partial charge in [-0.15, -0.1) is 0 Å². The molecule has 2 aromatic carbocycles. The van der Waals surface area contributed by atoms with Crippen LogP contribution in [0.4, 0.5) is 0 Å². The van der Waals surface area contributed by atoms with E-state index in [-0.39, 0.29) is 0 Å². The van der Waals surface area contributed by atoms with Gasteiger partial charge in [-0.2, -0.15) is 0 Å². The molecule has 0 radical (unpaired) electrons. The summed E-state index contributed by atoms with van der Waals surface area (Å²) in [5.41, 5.74) is 3.51. The average Bonchev–Trinajstić information content (AvgIpc) is 2.99. The third kappa shape index (κ3) is 3.04. The van der Waals surface area contributed by atoms with Gasteiger partial charge in [0.25, 0.3) is 0 Å². The summed E-state index contributed by atoms with van der Waals surface area (Å²) in [6.45, 7) is 6.40. The maximum absolute atomic E-state index is 4.80. The van der Waals surface area contributed by atoms with E-state index in [9.17, 15) is 0 Å². The fourth-order valence-electron chi connectivity index (χ4n) is 3.02. The summed E-state index contributed by atoms with van der Waals surface area (Å²) in [6, 6.07) is 19.2. The second-order valence-electron chi connectivity index (χ2n) is 5.61. The van der Waals surface area contributed by atoms with Gasteiger partial charge in [0, 0.05) is 6.54 Å². The molecular formula is C19H23N3. The number of aromatic amines is 1. The first-order valence-corrected chi connectivity index (χ1v) is 8.04. The molecule has 1 heterocycles. The van der Waals surface area contributed by atoms with Gasteiger partial charge >= 0.3 is 0 Å². The van der Waals surface area contributed by atoms with Crippen LogP contribution in [0, 0.1) is 0 Å². The minimum absolute atomic E-state index is 0.317. The maximum Gasteiger partial charge on any atom is 0.124 e. The fourth-order valence-corrected chi connectivity index (χ4v) is 3.02. The topological polar surface area (TPSA) is 31.9 Å². The first kappa shape index (κ1) is 14.8. The number of nitrogens with one attached hydrogen (secondary N) is 1. The molecule has 1 N–H and O–H groups in total. The van der Waals surface area contributed by atoms with Crippen LogP contribution in [0.2, 0.25) is 0 Å². The number of aromatic nitrogens is 2. The van der Waals surface area contributed by atoms with Crippen molar-refractivity contribution in [1.82, 2.24) is 14.9 Å². The molecule has 3 nitrogen and oxygen atoms in total. The summed E-state index contributed by atoms with van der Waals surface area (Å²) in [5.74, 6) is 1.07. The number of imidazole rings is 1. The lowest BCUT2D eigenvalue weighted by Crippen LogP contribution is -2.28. The number of H-pyrrole nitrogens is 1. The molecule has 3 aromatic rings. The highest BCUT2D eigenvalue weighted by molar-refractivity contribution is 5.74. The SMILES string of the molecule is CCC(c1nc2ccccc2[nH]1)N(CC)Cc1ccccc1. The summed E-state index contributed by atoms with van der Waals surface area (Å²) >= 11 is 0. The van der Waals surface area contributed by atoms with Crippen LogP contribution < -0.4 is 0 Å².